The normalized spacial score (nSPS) is 18.9. The Morgan fingerprint density at radius 1 is 1.21 bits per heavy atom. The van der Waals surface area contributed by atoms with Gasteiger partial charge in [-0.25, -0.2) is 4.39 Å². The number of rotatable bonds is 1. The number of amides is 1. The van der Waals surface area contributed by atoms with Crippen molar-refractivity contribution in [2.45, 2.75) is 12.8 Å². The van der Waals surface area contributed by atoms with Crippen LogP contribution in [0.5, 0.6) is 0 Å². The van der Waals surface area contributed by atoms with Crippen molar-refractivity contribution in [3.63, 3.8) is 0 Å². The quantitative estimate of drug-likeness (QED) is 0.772. The van der Waals surface area contributed by atoms with E-state index in [2.05, 4.69) is 9.89 Å². The number of halogens is 1. The number of benzene rings is 1. The minimum atomic E-state index is -0.385. The van der Waals surface area contributed by atoms with Crippen LogP contribution in [0.15, 0.2) is 29.3 Å². The summed E-state index contributed by atoms with van der Waals surface area (Å²) in [7, 11) is 0. The molecule has 0 saturated carbocycles. The molecule has 1 amide bonds. The molecule has 0 N–H and O–H groups in total. The number of carbonyl (C=O) groups excluding carboxylic acids is 1. The summed E-state index contributed by atoms with van der Waals surface area (Å²) in [4.78, 5) is 20.6. The molecule has 0 aliphatic carbocycles. The van der Waals surface area contributed by atoms with Crippen LogP contribution in [0.1, 0.15) is 23.2 Å². The summed E-state index contributed by atoms with van der Waals surface area (Å²) in [6.45, 7) is 3.12. The van der Waals surface area contributed by atoms with Gasteiger partial charge < -0.3 is 4.90 Å². The molecule has 3 rings (SSSR count). The molecule has 2 aliphatic heterocycles. The highest BCUT2D eigenvalue weighted by molar-refractivity contribution is 6.06. The lowest BCUT2D eigenvalue weighted by atomic mass is 10.2. The van der Waals surface area contributed by atoms with Gasteiger partial charge in [-0.15, -0.1) is 0 Å². The predicted octanol–water partition coefficient (Wildman–Crippen LogP) is 1.73. The minimum absolute atomic E-state index is 0.164. The van der Waals surface area contributed by atoms with Crippen LogP contribution in [0.3, 0.4) is 0 Å². The predicted molar refractivity (Wildman–Crippen MR) is 70.5 cm³/mol. The third-order valence-electron chi connectivity index (χ3n) is 3.52. The van der Waals surface area contributed by atoms with E-state index in [9.17, 15) is 9.18 Å². The largest absolute Gasteiger partial charge is 0.342 e. The Morgan fingerprint density at radius 2 is 2.00 bits per heavy atom. The molecule has 0 atom stereocenters. The molecular weight excluding hydrogens is 245 g/mol. The molecule has 1 fully saturated rings. The molecule has 0 radical (unpaired) electrons. The van der Waals surface area contributed by atoms with Gasteiger partial charge in [-0.05, 0) is 31.0 Å². The van der Waals surface area contributed by atoms with Crippen molar-refractivity contribution in [2.75, 3.05) is 26.2 Å². The summed E-state index contributed by atoms with van der Waals surface area (Å²) >= 11 is 0. The first-order chi connectivity index (χ1) is 9.25. The Kier molecular flexibility index (Phi) is 3.19. The maximum Gasteiger partial charge on any atom is 0.260 e. The molecule has 2 heterocycles. The highest BCUT2D eigenvalue weighted by Crippen LogP contribution is 2.17. The van der Waals surface area contributed by atoms with E-state index in [1.165, 1.54) is 12.1 Å². The van der Waals surface area contributed by atoms with Crippen molar-refractivity contribution < 1.29 is 9.18 Å². The van der Waals surface area contributed by atoms with E-state index in [0.29, 0.717) is 18.7 Å². The molecular formula is C14H16FN3O. The summed E-state index contributed by atoms with van der Waals surface area (Å²) in [5.41, 5.74) is 0.383. The van der Waals surface area contributed by atoms with Crippen LogP contribution >= 0.6 is 0 Å². The molecule has 1 aromatic rings. The highest BCUT2D eigenvalue weighted by Gasteiger charge is 2.30. The summed E-state index contributed by atoms with van der Waals surface area (Å²) in [6, 6.07) is 5.83. The Labute approximate surface area is 111 Å². The van der Waals surface area contributed by atoms with Gasteiger partial charge in [-0.3, -0.25) is 14.7 Å². The highest BCUT2D eigenvalue weighted by atomic mass is 19.1. The van der Waals surface area contributed by atoms with Crippen LogP contribution in [-0.4, -0.2) is 47.8 Å². The van der Waals surface area contributed by atoms with Crippen molar-refractivity contribution in [1.82, 2.24) is 9.80 Å². The third kappa shape index (κ3) is 2.32. The van der Waals surface area contributed by atoms with E-state index in [1.807, 2.05) is 0 Å². The van der Waals surface area contributed by atoms with Crippen molar-refractivity contribution in [2.24, 2.45) is 4.99 Å². The number of carbonyl (C=O) groups is 1. The lowest BCUT2D eigenvalue weighted by Gasteiger charge is -2.25. The van der Waals surface area contributed by atoms with E-state index in [1.54, 1.807) is 17.0 Å². The Hall–Kier alpha value is -1.91. The average molecular weight is 261 g/mol. The molecule has 5 heteroatoms. The molecule has 19 heavy (non-hydrogen) atoms. The molecule has 1 aromatic carbocycles. The van der Waals surface area contributed by atoms with Gasteiger partial charge in [0.2, 0.25) is 5.96 Å². The van der Waals surface area contributed by atoms with E-state index in [-0.39, 0.29) is 11.7 Å². The number of nitrogens with zero attached hydrogens (tertiary/aromatic N) is 3. The first-order valence-electron chi connectivity index (χ1n) is 6.62. The molecule has 0 spiro atoms. The fraction of sp³-hybridized carbons (Fsp3) is 0.429. The van der Waals surface area contributed by atoms with Crippen molar-refractivity contribution in [1.29, 1.82) is 0 Å². The standard InChI is InChI=1S/C14H16FN3O/c15-12-5-3-4-11(10-12)13(19)18-9-6-16-14(18)17-7-1-2-8-17/h3-5,10H,1-2,6-9H2. The molecule has 4 nitrogen and oxygen atoms in total. The Balaban J connectivity index is 1.81. The zero-order valence-electron chi connectivity index (χ0n) is 10.7. The molecule has 1 saturated heterocycles. The van der Waals surface area contributed by atoms with E-state index in [0.717, 1.165) is 31.9 Å². The van der Waals surface area contributed by atoms with Crippen LogP contribution in [0.4, 0.5) is 4.39 Å². The molecule has 0 unspecified atom stereocenters. The number of likely N-dealkylation sites (tertiary alicyclic amines) is 1. The summed E-state index contributed by atoms with van der Waals surface area (Å²) in [5.74, 6) is 0.208. The monoisotopic (exact) mass is 261 g/mol. The van der Waals surface area contributed by atoms with Crippen LogP contribution in [0.2, 0.25) is 0 Å². The second-order valence-electron chi connectivity index (χ2n) is 4.84. The van der Waals surface area contributed by atoms with Gasteiger partial charge >= 0.3 is 0 Å². The SMILES string of the molecule is O=C(c1cccc(F)c1)N1CCN=C1N1CCCC1. The van der Waals surface area contributed by atoms with Gasteiger partial charge in [0.25, 0.3) is 5.91 Å². The fourth-order valence-corrected chi connectivity index (χ4v) is 2.59. The van der Waals surface area contributed by atoms with Gasteiger partial charge in [0.15, 0.2) is 0 Å². The number of hydrogen-bond acceptors (Lipinski definition) is 3. The Morgan fingerprint density at radius 3 is 2.74 bits per heavy atom. The maximum atomic E-state index is 13.2. The lowest BCUT2D eigenvalue weighted by molar-refractivity contribution is 0.0845. The van der Waals surface area contributed by atoms with Crippen molar-refractivity contribution in [3.8, 4) is 0 Å². The second-order valence-corrected chi connectivity index (χ2v) is 4.84. The topological polar surface area (TPSA) is 35.9 Å². The zero-order chi connectivity index (χ0) is 13.2. The number of aliphatic imine (C=N–C) groups is 1. The number of guanidine groups is 1. The third-order valence-corrected chi connectivity index (χ3v) is 3.52. The molecule has 0 aromatic heterocycles. The van der Waals surface area contributed by atoms with Crippen molar-refractivity contribution >= 4 is 11.9 Å². The van der Waals surface area contributed by atoms with Crippen LogP contribution < -0.4 is 0 Å². The summed E-state index contributed by atoms with van der Waals surface area (Å²) in [6.07, 6.45) is 2.28. The van der Waals surface area contributed by atoms with E-state index >= 15 is 0 Å². The number of hydrogen-bond donors (Lipinski definition) is 0. The summed E-state index contributed by atoms with van der Waals surface area (Å²) in [5, 5.41) is 0. The van der Waals surface area contributed by atoms with Gasteiger partial charge in [0, 0.05) is 25.2 Å². The minimum Gasteiger partial charge on any atom is -0.342 e. The first-order valence-corrected chi connectivity index (χ1v) is 6.62. The van der Waals surface area contributed by atoms with E-state index in [4.69, 9.17) is 0 Å². The van der Waals surface area contributed by atoms with Crippen molar-refractivity contribution in [3.05, 3.63) is 35.6 Å². The van der Waals surface area contributed by atoms with Crippen LogP contribution in [-0.2, 0) is 0 Å². The maximum absolute atomic E-state index is 13.2. The van der Waals surface area contributed by atoms with Crippen LogP contribution in [0.25, 0.3) is 0 Å². The summed E-state index contributed by atoms with van der Waals surface area (Å²) < 4.78 is 13.2. The van der Waals surface area contributed by atoms with Gasteiger partial charge in [0.05, 0.1) is 6.54 Å². The zero-order valence-corrected chi connectivity index (χ0v) is 10.7. The Bertz CT molecular complexity index is 523. The molecule has 2 aliphatic rings. The smallest absolute Gasteiger partial charge is 0.260 e. The molecule has 100 valence electrons. The average Bonchev–Trinajstić information content (AvgIpc) is 3.08. The first kappa shape index (κ1) is 12.1. The fourth-order valence-electron chi connectivity index (χ4n) is 2.59. The van der Waals surface area contributed by atoms with Crippen LogP contribution in [0, 0.1) is 5.82 Å². The lowest BCUT2D eigenvalue weighted by Crippen LogP contribution is -2.43. The second kappa shape index (κ2) is 4.99. The van der Waals surface area contributed by atoms with Gasteiger partial charge in [0.1, 0.15) is 5.82 Å². The van der Waals surface area contributed by atoms with Gasteiger partial charge in [-0.1, -0.05) is 6.07 Å². The van der Waals surface area contributed by atoms with Gasteiger partial charge in [-0.2, -0.15) is 0 Å². The van der Waals surface area contributed by atoms with E-state index < -0.39 is 0 Å². The molecule has 0 bridgehead atoms.